The predicted molar refractivity (Wildman–Crippen MR) is 78.1 cm³/mol. The van der Waals surface area contributed by atoms with E-state index in [4.69, 9.17) is 4.74 Å². The Morgan fingerprint density at radius 3 is 3.00 bits per heavy atom. The molecule has 0 saturated heterocycles. The van der Waals surface area contributed by atoms with Crippen molar-refractivity contribution >= 4 is 21.6 Å². The van der Waals surface area contributed by atoms with Gasteiger partial charge in [-0.05, 0) is 42.7 Å². The van der Waals surface area contributed by atoms with E-state index < -0.39 is 0 Å². The van der Waals surface area contributed by atoms with E-state index in [-0.39, 0.29) is 0 Å². The Labute approximate surface area is 121 Å². The number of nitrogens with one attached hydrogen (secondary N) is 1. The van der Waals surface area contributed by atoms with Crippen LogP contribution in [0, 0.1) is 0 Å². The van der Waals surface area contributed by atoms with E-state index in [9.17, 15) is 0 Å². The van der Waals surface area contributed by atoms with Crippen molar-refractivity contribution in [3.63, 3.8) is 0 Å². The molecule has 2 heterocycles. The van der Waals surface area contributed by atoms with Gasteiger partial charge in [-0.25, -0.2) is 9.97 Å². The number of fused-ring (bicyclic) bond motifs is 1. The Bertz CT molecular complexity index is 526. The number of aromatic nitrogens is 3. The minimum absolute atomic E-state index is 0.309. The molecule has 0 amide bonds. The summed E-state index contributed by atoms with van der Waals surface area (Å²) in [7, 11) is 0. The number of rotatable bonds is 7. The highest BCUT2D eigenvalue weighted by Crippen LogP contribution is 2.10. The Balaban J connectivity index is 1.80. The Morgan fingerprint density at radius 1 is 1.37 bits per heavy atom. The molecule has 1 N–H and O–H groups in total. The van der Waals surface area contributed by atoms with Gasteiger partial charge in [-0.15, -0.1) is 0 Å². The average Bonchev–Trinajstić information content (AvgIpc) is 2.76. The molecule has 0 aromatic carbocycles. The topological polar surface area (TPSA) is 51.5 Å². The van der Waals surface area contributed by atoms with Crippen molar-refractivity contribution in [2.75, 3.05) is 13.2 Å². The fourth-order valence-corrected chi connectivity index (χ4v) is 2.09. The van der Waals surface area contributed by atoms with Crippen LogP contribution >= 0.6 is 15.9 Å². The minimum atomic E-state index is 0.309. The second-order valence-electron chi connectivity index (χ2n) is 4.64. The highest BCUT2D eigenvalue weighted by molar-refractivity contribution is 9.10. The molecule has 2 aromatic heterocycles. The first-order valence-electron chi connectivity index (χ1n) is 6.46. The van der Waals surface area contributed by atoms with Crippen molar-refractivity contribution in [3.05, 3.63) is 28.9 Å². The number of hydrogen-bond acceptors (Lipinski definition) is 4. The van der Waals surface area contributed by atoms with E-state index >= 15 is 0 Å². The molecule has 0 unspecified atom stereocenters. The van der Waals surface area contributed by atoms with Gasteiger partial charge in [0, 0.05) is 19.3 Å². The zero-order valence-corrected chi connectivity index (χ0v) is 12.9. The lowest BCUT2D eigenvalue weighted by atomic mass is 10.4. The summed E-state index contributed by atoms with van der Waals surface area (Å²) in [6, 6.07) is 0. The number of halogens is 1. The normalized spacial score (nSPS) is 11.6. The highest BCUT2D eigenvalue weighted by Gasteiger charge is 2.03. The van der Waals surface area contributed by atoms with E-state index in [1.54, 1.807) is 6.20 Å². The van der Waals surface area contributed by atoms with Crippen LogP contribution in [0.4, 0.5) is 0 Å². The molecular formula is C13H19BrN4O. The third kappa shape index (κ3) is 4.26. The third-order valence-electron chi connectivity index (χ3n) is 2.70. The molecular weight excluding hydrogens is 308 g/mol. The van der Waals surface area contributed by atoms with Crippen molar-refractivity contribution in [3.8, 4) is 0 Å². The minimum Gasteiger partial charge on any atom is -0.379 e. The fourth-order valence-electron chi connectivity index (χ4n) is 1.78. The Hall–Kier alpha value is -0.980. The van der Waals surface area contributed by atoms with E-state index in [1.165, 1.54) is 0 Å². The quantitative estimate of drug-likeness (QED) is 0.794. The number of hydrogen-bond donors (Lipinski definition) is 1. The van der Waals surface area contributed by atoms with Crippen LogP contribution in [-0.2, 0) is 11.3 Å². The van der Waals surface area contributed by atoms with Gasteiger partial charge in [0.05, 0.1) is 24.2 Å². The number of imidazole rings is 1. The summed E-state index contributed by atoms with van der Waals surface area (Å²) in [5.41, 5.74) is 1.99. The maximum absolute atomic E-state index is 5.49. The van der Waals surface area contributed by atoms with Crippen molar-refractivity contribution in [2.45, 2.75) is 32.9 Å². The van der Waals surface area contributed by atoms with Gasteiger partial charge >= 0.3 is 0 Å². The van der Waals surface area contributed by atoms with Crippen LogP contribution in [0.3, 0.4) is 0 Å². The monoisotopic (exact) mass is 326 g/mol. The SMILES string of the molecule is CC(C)OCCCNCc1cnc2cnc(Br)cn12. The van der Waals surface area contributed by atoms with Gasteiger partial charge in [-0.2, -0.15) is 0 Å². The molecule has 104 valence electrons. The molecule has 0 fully saturated rings. The summed E-state index contributed by atoms with van der Waals surface area (Å²) in [5, 5.41) is 3.40. The Morgan fingerprint density at radius 2 is 2.21 bits per heavy atom. The van der Waals surface area contributed by atoms with E-state index in [2.05, 4.69) is 45.1 Å². The van der Waals surface area contributed by atoms with E-state index in [1.807, 2.05) is 16.8 Å². The van der Waals surface area contributed by atoms with Crippen LogP contribution in [-0.4, -0.2) is 33.6 Å². The molecule has 0 radical (unpaired) electrons. The molecule has 6 heteroatoms. The summed E-state index contributed by atoms with van der Waals surface area (Å²) in [6.45, 7) is 6.63. The molecule has 0 bridgehead atoms. The first kappa shape index (κ1) is 14.4. The first-order chi connectivity index (χ1) is 9.16. The smallest absolute Gasteiger partial charge is 0.155 e. The molecule has 5 nitrogen and oxygen atoms in total. The van der Waals surface area contributed by atoms with Gasteiger partial charge < -0.3 is 10.1 Å². The summed E-state index contributed by atoms with van der Waals surface area (Å²) >= 11 is 3.37. The standard InChI is InChI=1S/C13H19BrN4O/c1-10(2)19-5-3-4-15-6-11-7-17-13-8-16-12(14)9-18(11)13/h7-10,15H,3-6H2,1-2H3. The van der Waals surface area contributed by atoms with Crippen LogP contribution in [0.25, 0.3) is 5.65 Å². The van der Waals surface area contributed by atoms with Crippen LogP contribution in [0.2, 0.25) is 0 Å². The van der Waals surface area contributed by atoms with Gasteiger partial charge in [0.15, 0.2) is 5.65 Å². The van der Waals surface area contributed by atoms with Crippen molar-refractivity contribution < 1.29 is 4.74 Å². The zero-order chi connectivity index (χ0) is 13.7. The number of ether oxygens (including phenoxy) is 1. The summed E-state index contributed by atoms with van der Waals surface area (Å²) < 4.78 is 8.34. The maximum atomic E-state index is 5.49. The van der Waals surface area contributed by atoms with Gasteiger partial charge in [-0.1, -0.05) is 0 Å². The zero-order valence-electron chi connectivity index (χ0n) is 11.3. The lowest BCUT2D eigenvalue weighted by Crippen LogP contribution is -2.18. The summed E-state index contributed by atoms with van der Waals surface area (Å²) in [5.74, 6) is 0. The van der Waals surface area contributed by atoms with E-state index in [0.717, 1.165) is 42.1 Å². The second-order valence-corrected chi connectivity index (χ2v) is 5.45. The van der Waals surface area contributed by atoms with Crippen molar-refractivity contribution in [2.24, 2.45) is 0 Å². The van der Waals surface area contributed by atoms with Gasteiger partial charge in [0.25, 0.3) is 0 Å². The molecule has 0 aliphatic heterocycles. The summed E-state index contributed by atoms with van der Waals surface area (Å²) in [4.78, 5) is 8.47. The van der Waals surface area contributed by atoms with Crippen molar-refractivity contribution in [1.29, 1.82) is 0 Å². The fraction of sp³-hybridized carbons (Fsp3) is 0.538. The molecule has 0 aliphatic rings. The van der Waals surface area contributed by atoms with Crippen LogP contribution < -0.4 is 5.32 Å². The average molecular weight is 327 g/mol. The molecule has 19 heavy (non-hydrogen) atoms. The van der Waals surface area contributed by atoms with Crippen LogP contribution in [0.15, 0.2) is 23.2 Å². The molecule has 0 atom stereocenters. The number of nitrogens with zero attached hydrogens (tertiary/aromatic N) is 3. The highest BCUT2D eigenvalue weighted by atomic mass is 79.9. The first-order valence-corrected chi connectivity index (χ1v) is 7.26. The lowest BCUT2D eigenvalue weighted by Gasteiger charge is -2.08. The molecule has 2 aromatic rings. The molecule has 0 aliphatic carbocycles. The van der Waals surface area contributed by atoms with Crippen molar-refractivity contribution in [1.82, 2.24) is 19.7 Å². The van der Waals surface area contributed by atoms with Crippen LogP contribution in [0.5, 0.6) is 0 Å². The molecule has 0 saturated carbocycles. The van der Waals surface area contributed by atoms with Crippen LogP contribution in [0.1, 0.15) is 26.0 Å². The Kier molecular flexibility index (Phi) is 5.30. The summed E-state index contributed by atoms with van der Waals surface area (Å²) in [6.07, 6.45) is 6.88. The predicted octanol–water partition coefficient (Wildman–Crippen LogP) is 2.40. The van der Waals surface area contributed by atoms with E-state index in [0.29, 0.717) is 6.10 Å². The third-order valence-corrected chi connectivity index (χ3v) is 3.11. The van der Waals surface area contributed by atoms with Gasteiger partial charge in [0.1, 0.15) is 4.60 Å². The second kappa shape index (κ2) is 6.98. The maximum Gasteiger partial charge on any atom is 0.155 e. The molecule has 0 spiro atoms. The lowest BCUT2D eigenvalue weighted by molar-refractivity contribution is 0.0770. The largest absolute Gasteiger partial charge is 0.379 e. The molecule has 2 rings (SSSR count). The van der Waals surface area contributed by atoms with Gasteiger partial charge in [-0.3, -0.25) is 4.40 Å². The van der Waals surface area contributed by atoms with Gasteiger partial charge in [0.2, 0.25) is 0 Å².